The molecule has 2 nitrogen and oxygen atoms in total. The minimum Gasteiger partial charge on any atom is -0.351 e. The molecule has 0 spiro atoms. The molecule has 0 bridgehead atoms. The van der Waals surface area contributed by atoms with Crippen molar-refractivity contribution in [3.63, 3.8) is 0 Å². The summed E-state index contributed by atoms with van der Waals surface area (Å²) in [5.41, 5.74) is 0.232. The molecule has 1 N–H and O–H groups in total. The van der Waals surface area contributed by atoms with Gasteiger partial charge in [0.25, 0.3) is 5.91 Å². The summed E-state index contributed by atoms with van der Waals surface area (Å²) in [4.78, 5) is 12.0. The molecule has 104 valence electrons. The second-order valence-electron chi connectivity index (χ2n) is 5.15. The largest absolute Gasteiger partial charge is 0.351 e. The lowest BCUT2D eigenvalue weighted by molar-refractivity contribution is 0.0931. The highest BCUT2D eigenvalue weighted by Gasteiger charge is 2.33. The maximum Gasteiger partial charge on any atom is 0.254 e. The van der Waals surface area contributed by atoms with Crippen molar-refractivity contribution in [1.29, 1.82) is 0 Å². The minimum atomic E-state index is -0.486. The van der Waals surface area contributed by atoms with Crippen molar-refractivity contribution < 1.29 is 9.18 Å². The quantitative estimate of drug-likeness (QED) is 0.761. The summed E-state index contributed by atoms with van der Waals surface area (Å²) >= 11 is 6.79. The fourth-order valence-corrected chi connectivity index (χ4v) is 3.64. The van der Waals surface area contributed by atoms with E-state index < -0.39 is 5.82 Å². The Morgan fingerprint density at radius 2 is 2.05 bits per heavy atom. The van der Waals surface area contributed by atoms with E-state index in [-0.39, 0.29) is 16.9 Å². The maximum atomic E-state index is 13.6. The summed E-state index contributed by atoms with van der Waals surface area (Å²) in [6.07, 6.45) is 4.62. The Labute approximate surface area is 129 Å². The number of hydrogen-bond acceptors (Lipinski definition) is 1. The summed E-state index contributed by atoms with van der Waals surface area (Å²) in [5, 5.41) is 3.75. The van der Waals surface area contributed by atoms with Gasteiger partial charge in [0.2, 0.25) is 0 Å². The third kappa shape index (κ3) is 3.57. The first-order valence-electron chi connectivity index (χ1n) is 6.36. The van der Waals surface area contributed by atoms with Crippen LogP contribution >= 0.6 is 31.9 Å². The molecule has 0 saturated heterocycles. The van der Waals surface area contributed by atoms with Gasteiger partial charge in [-0.3, -0.25) is 4.79 Å². The summed E-state index contributed by atoms with van der Waals surface area (Å²) in [7, 11) is 0. The molecule has 0 unspecified atom stereocenters. The van der Waals surface area contributed by atoms with E-state index in [4.69, 9.17) is 0 Å². The SMILES string of the molecule is O=C(NCC1(CBr)CCCC1)c1cc(Br)ccc1F. The van der Waals surface area contributed by atoms with Gasteiger partial charge < -0.3 is 5.32 Å². The third-order valence-electron chi connectivity index (χ3n) is 3.74. The molecule has 0 aliphatic heterocycles. The zero-order valence-electron chi connectivity index (χ0n) is 10.5. The molecule has 0 aromatic heterocycles. The molecule has 1 aliphatic rings. The van der Waals surface area contributed by atoms with Crippen molar-refractivity contribution in [1.82, 2.24) is 5.32 Å². The van der Waals surface area contributed by atoms with Crippen LogP contribution in [0.15, 0.2) is 22.7 Å². The molecule has 2 rings (SSSR count). The van der Waals surface area contributed by atoms with Crippen LogP contribution in [0.1, 0.15) is 36.0 Å². The minimum absolute atomic E-state index is 0.0945. The van der Waals surface area contributed by atoms with Crippen molar-refractivity contribution >= 4 is 37.8 Å². The van der Waals surface area contributed by atoms with Crippen LogP contribution < -0.4 is 5.32 Å². The van der Waals surface area contributed by atoms with Crippen LogP contribution in [0.2, 0.25) is 0 Å². The number of benzene rings is 1. The molecule has 1 amide bonds. The average molecular weight is 393 g/mol. The van der Waals surface area contributed by atoms with E-state index in [0.29, 0.717) is 11.0 Å². The molecule has 0 radical (unpaired) electrons. The van der Waals surface area contributed by atoms with Gasteiger partial charge in [0.1, 0.15) is 5.82 Å². The van der Waals surface area contributed by atoms with Crippen LogP contribution in [0.5, 0.6) is 0 Å². The highest BCUT2D eigenvalue weighted by Crippen LogP contribution is 2.39. The van der Waals surface area contributed by atoms with Gasteiger partial charge >= 0.3 is 0 Å². The first kappa shape index (κ1) is 15.0. The lowest BCUT2D eigenvalue weighted by Gasteiger charge is -2.26. The number of rotatable bonds is 4. The standard InChI is InChI=1S/C14H16Br2FNO/c15-8-14(5-1-2-6-14)9-18-13(19)11-7-10(16)3-4-12(11)17/h3-4,7H,1-2,5-6,8-9H2,(H,18,19). The molecule has 1 fully saturated rings. The Bertz CT molecular complexity index is 473. The van der Waals surface area contributed by atoms with Gasteiger partial charge in [0.15, 0.2) is 0 Å². The summed E-state index contributed by atoms with van der Waals surface area (Å²) in [6, 6.07) is 4.40. The maximum absolute atomic E-state index is 13.6. The molecule has 1 aliphatic carbocycles. The number of carbonyl (C=O) groups is 1. The Hall–Kier alpha value is -0.420. The van der Waals surface area contributed by atoms with Crippen molar-refractivity contribution in [2.45, 2.75) is 25.7 Å². The Balaban J connectivity index is 2.03. The van der Waals surface area contributed by atoms with Crippen LogP contribution in [-0.4, -0.2) is 17.8 Å². The second kappa shape index (κ2) is 6.35. The summed E-state index contributed by atoms with van der Waals surface area (Å²) in [6.45, 7) is 0.600. The number of amides is 1. The Morgan fingerprint density at radius 3 is 2.68 bits per heavy atom. The van der Waals surface area contributed by atoms with E-state index in [0.717, 1.165) is 18.2 Å². The third-order valence-corrected chi connectivity index (χ3v) is 5.43. The van der Waals surface area contributed by atoms with E-state index in [1.54, 1.807) is 6.07 Å². The highest BCUT2D eigenvalue weighted by atomic mass is 79.9. The van der Waals surface area contributed by atoms with Crippen LogP contribution in [-0.2, 0) is 0 Å². The molecule has 1 aromatic carbocycles. The van der Waals surface area contributed by atoms with E-state index >= 15 is 0 Å². The van der Waals surface area contributed by atoms with Gasteiger partial charge in [-0.2, -0.15) is 0 Å². The number of hydrogen-bond donors (Lipinski definition) is 1. The first-order chi connectivity index (χ1) is 9.06. The average Bonchev–Trinajstić information content (AvgIpc) is 2.88. The summed E-state index contributed by atoms with van der Waals surface area (Å²) in [5.74, 6) is -0.828. The number of halogens is 3. The Kier molecular flexibility index (Phi) is 5.01. The van der Waals surface area contributed by atoms with Crippen molar-refractivity contribution in [2.75, 3.05) is 11.9 Å². The zero-order valence-corrected chi connectivity index (χ0v) is 13.7. The highest BCUT2D eigenvalue weighted by molar-refractivity contribution is 9.10. The number of carbonyl (C=O) groups excluding carboxylic acids is 1. The van der Waals surface area contributed by atoms with E-state index in [2.05, 4.69) is 37.2 Å². The van der Waals surface area contributed by atoms with Crippen molar-refractivity contribution in [3.8, 4) is 0 Å². The van der Waals surface area contributed by atoms with Gasteiger partial charge in [-0.25, -0.2) is 4.39 Å². The predicted molar refractivity (Wildman–Crippen MR) is 81.1 cm³/mol. The topological polar surface area (TPSA) is 29.1 Å². The molecule has 0 heterocycles. The fraction of sp³-hybridized carbons (Fsp3) is 0.500. The second-order valence-corrected chi connectivity index (χ2v) is 6.62. The van der Waals surface area contributed by atoms with Crippen molar-refractivity contribution in [2.24, 2.45) is 5.41 Å². The van der Waals surface area contributed by atoms with Gasteiger partial charge in [0.05, 0.1) is 5.56 Å². The van der Waals surface area contributed by atoms with Gasteiger partial charge in [-0.05, 0) is 36.5 Å². The van der Waals surface area contributed by atoms with Crippen LogP contribution in [0.3, 0.4) is 0 Å². The smallest absolute Gasteiger partial charge is 0.254 e. The van der Waals surface area contributed by atoms with Crippen LogP contribution in [0.4, 0.5) is 4.39 Å². The first-order valence-corrected chi connectivity index (χ1v) is 8.27. The Morgan fingerprint density at radius 1 is 1.37 bits per heavy atom. The van der Waals surface area contributed by atoms with E-state index in [9.17, 15) is 9.18 Å². The molecule has 1 aromatic rings. The number of nitrogens with one attached hydrogen (secondary N) is 1. The predicted octanol–water partition coefficient (Wildman–Crippen LogP) is 4.27. The molecule has 1 saturated carbocycles. The lowest BCUT2D eigenvalue weighted by Crippen LogP contribution is -2.37. The molecular formula is C14H16Br2FNO. The lowest BCUT2D eigenvalue weighted by atomic mass is 9.89. The normalized spacial score (nSPS) is 17.4. The van der Waals surface area contributed by atoms with Crippen LogP contribution in [0.25, 0.3) is 0 Å². The van der Waals surface area contributed by atoms with Gasteiger partial charge in [0, 0.05) is 16.3 Å². The monoisotopic (exact) mass is 391 g/mol. The molecule has 5 heteroatoms. The van der Waals surface area contributed by atoms with E-state index in [1.165, 1.54) is 25.0 Å². The molecule has 0 atom stereocenters. The van der Waals surface area contributed by atoms with Crippen LogP contribution in [0, 0.1) is 11.2 Å². The fourth-order valence-electron chi connectivity index (χ4n) is 2.52. The van der Waals surface area contributed by atoms with E-state index in [1.807, 2.05) is 0 Å². The zero-order chi connectivity index (χ0) is 13.9. The van der Waals surface area contributed by atoms with Gasteiger partial charge in [-0.1, -0.05) is 44.7 Å². The summed E-state index contributed by atoms with van der Waals surface area (Å²) < 4.78 is 14.3. The van der Waals surface area contributed by atoms with Crippen molar-refractivity contribution in [3.05, 3.63) is 34.1 Å². The van der Waals surface area contributed by atoms with Gasteiger partial charge in [-0.15, -0.1) is 0 Å². The number of alkyl halides is 1. The molecule has 19 heavy (non-hydrogen) atoms. The molecular weight excluding hydrogens is 377 g/mol.